The Hall–Kier alpha value is -0.490. The van der Waals surface area contributed by atoms with Gasteiger partial charge in [-0.25, -0.2) is 8.78 Å². The molecule has 1 atom stereocenters. The van der Waals surface area contributed by atoms with E-state index in [4.69, 9.17) is 11.6 Å². The van der Waals surface area contributed by atoms with Crippen LogP contribution in [0.1, 0.15) is 24.1 Å². The van der Waals surface area contributed by atoms with Gasteiger partial charge in [0.05, 0.1) is 11.1 Å². The predicted octanol–water partition coefficient (Wildman–Crippen LogP) is 5.84. The normalized spacial score (nSPS) is 12.5. The molecule has 0 saturated carbocycles. The van der Waals surface area contributed by atoms with Gasteiger partial charge in [0.25, 0.3) is 0 Å². The summed E-state index contributed by atoms with van der Waals surface area (Å²) < 4.78 is 29.7. The third-order valence-electron chi connectivity index (χ3n) is 3.05. The Kier molecular flexibility index (Phi) is 5.77. The molecule has 0 aliphatic rings. The van der Waals surface area contributed by atoms with Gasteiger partial charge in [-0.1, -0.05) is 40.5 Å². The zero-order chi connectivity index (χ0) is 15.6. The molecule has 0 heterocycles. The molecule has 0 aliphatic heterocycles. The van der Waals surface area contributed by atoms with Crippen LogP contribution in [0.15, 0.2) is 39.3 Å². The monoisotopic (exact) mass is 437 g/mol. The maximum Gasteiger partial charge on any atom is 0.148 e. The van der Waals surface area contributed by atoms with Gasteiger partial charge < -0.3 is 5.32 Å². The summed E-state index contributed by atoms with van der Waals surface area (Å²) in [6.07, 6.45) is 0. The SMILES string of the molecule is CCNC(c1cc(Br)ccc1F)c1ccc(Br)c(Cl)c1F. The second-order valence-corrected chi connectivity index (χ2v) is 6.57. The largest absolute Gasteiger partial charge is 0.306 e. The Labute approximate surface area is 144 Å². The number of halogens is 5. The standard InChI is InChI=1S/C15H12Br2ClF2N/c1-2-21-15(10-7-8(16)3-6-12(10)19)9-4-5-11(17)13(18)14(9)20/h3-7,15,21H,2H2,1H3. The Morgan fingerprint density at radius 1 is 1.14 bits per heavy atom. The molecule has 112 valence electrons. The Balaban J connectivity index is 2.59. The molecular weight excluding hydrogens is 427 g/mol. The second-order valence-electron chi connectivity index (χ2n) is 4.42. The molecule has 1 nitrogen and oxygen atoms in total. The van der Waals surface area contributed by atoms with Crippen molar-refractivity contribution in [3.05, 3.63) is 67.1 Å². The molecule has 0 fully saturated rings. The third kappa shape index (κ3) is 3.65. The van der Waals surface area contributed by atoms with Gasteiger partial charge >= 0.3 is 0 Å². The zero-order valence-corrected chi connectivity index (χ0v) is 15.0. The van der Waals surface area contributed by atoms with E-state index < -0.39 is 17.7 Å². The summed E-state index contributed by atoms with van der Waals surface area (Å²) in [5.74, 6) is -0.959. The first-order chi connectivity index (χ1) is 9.95. The van der Waals surface area contributed by atoms with Crippen molar-refractivity contribution in [1.82, 2.24) is 5.32 Å². The smallest absolute Gasteiger partial charge is 0.148 e. The molecule has 1 unspecified atom stereocenters. The summed E-state index contributed by atoms with van der Waals surface area (Å²) in [5, 5.41) is 3.09. The van der Waals surface area contributed by atoms with Crippen LogP contribution in [0.25, 0.3) is 0 Å². The van der Waals surface area contributed by atoms with Crippen molar-refractivity contribution in [2.24, 2.45) is 0 Å². The molecule has 0 aliphatic carbocycles. The van der Waals surface area contributed by atoms with E-state index >= 15 is 0 Å². The highest BCUT2D eigenvalue weighted by Crippen LogP contribution is 2.34. The minimum Gasteiger partial charge on any atom is -0.306 e. The molecule has 0 aromatic heterocycles. The number of benzene rings is 2. The molecule has 2 aromatic carbocycles. The summed E-state index contributed by atoms with van der Waals surface area (Å²) in [4.78, 5) is 0. The summed E-state index contributed by atoms with van der Waals surface area (Å²) in [6.45, 7) is 2.44. The van der Waals surface area contributed by atoms with Crippen molar-refractivity contribution in [1.29, 1.82) is 0 Å². The quantitative estimate of drug-likeness (QED) is 0.590. The molecule has 2 aromatic rings. The van der Waals surface area contributed by atoms with Crippen molar-refractivity contribution in [3.63, 3.8) is 0 Å². The van der Waals surface area contributed by atoms with Crippen LogP contribution in [0.4, 0.5) is 8.78 Å². The second kappa shape index (κ2) is 7.18. The van der Waals surface area contributed by atoms with E-state index in [1.165, 1.54) is 6.07 Å². The molecule has 0 bridgehead atoms. The fourth-order valence-electron chi connectivity index (χ4n) is 2.09. The first-order valence-corrected chi connectivity index (χ1v) is 8.23. The van der Waals surface area contributed by atoms with E-state index in [1.807, 2.05) is 6.92 Å². The van der Waals surface area contributed by atoms with Crippen LogP contribution in [0.3, 0.4) is 0 Å². The minimum absolute atomic E-state index is 0.00851. The van der Waals surface area contributed by atoms with Gasteiger partial charge in [0, 0.05) is 20.1 Å². The van der Waals surface area contributed by atoms with Crippen molar-refractivity contribution in [2.75, 3.05) is 6.54 Å². The Bertz CT molecular complexity index is 664. The Morgan fingerprint density at radius 2 is 1.86 bits per heavy atom. The van der Waals surface area contributed by atoms with Crippen LogP contribution in [0.2, 0.25) is 5.02 Å². The van der Waals surface area contributed by atoms with Crippen molar-refractivity contribution >= 4 is 43.5 Å². The highest BCUT2D eigenvalue weighted by Gasteiger charge is 2.22. The molecule has 0 radical (unpaired) electrons. The first-order valence-electron chi connectivity index (χ1n) is 6.27. The molecule has 0 amide bonds. The lowest BCUT2D eigenvalue weighted by atomic mass is 9.97. The molecule has 21 heavy (non-hydrogen) atoms. The van der Waals surface area contributed by atoms with Crippen LogP contribution >= 0.6 is 43.5 Å². The highest BCUT2D eigenvalue weighted by atomic mass is 79.9. The van der Waals surface area contributed by atoms with Crippen LogP contribution in [-0.2, 0) is 0 Å². The average Bonchev–Trinajstić information content (AvgIpc) is 2.46. The third-order valence-corrected chi connectivity index (χ3v) is 4.81. The van der Waals surface area contributed by atoms with E-state index in [1.54, 1.807) is 24.3 Å². The van der Waals surface area contributed by atoms with Gasteiger partial charge in [0.1, 0.15) is 11.6 Å². The summed E-state index contributed by atoms with van der Waals surface area (Å²) in [7, 11) is 0. The first kappa shape index (κ1) is 16.9. The lowest BCUT2D eigenvalue weighted by molar-refractivity contribution is 0.530. The number of nitrogens with one attached hydrogen (secondary N) is 1. The number of hydrogen-bond donors (Lipinski definition) is 1. The van der Waals surface area contributed by atoms with Gasteiger partial charge in [-0.2, -0.15) is 0 Å². The number of hydrogen-bond acceptors (Lipinski definition) is 1. The van der Waals surface area contributed by atoms with Crippen molar-refractivity contribution < 1.29 is 8.78 Å². The summed E-state index contributed by atoms with van der Waals surface area (Å²) in [6, 6.07) is 7.23. The fourth-order valence-corrected chi connectivity index (χ4v) is 2.95. The van der Waals surface area contributed by atoms with Gasteiger partial charge in [-0.3, -0.25) is 0 Å². The minimum atomic E-state index is -0.613. The van der Waals surface area contributed by atoms with Crippen LogP contribution in [0.5, 0.6) is 0 Å². The molecule has 2 rings (SSSR count). The molecule has 0 spiro atoms. The van der Waals surface area contributed by atoms with Crippen LogP contribution in [0, 0.1) is 11.6 Å². The van der Waals surface area contributed by atoms with E-state index in [9.17, 15) is 8.78 Å². The molecule has 6 heteroatoms. The van der Waals surface area contributed by atoms with Crippen molar-refractivity contribution in [3.8, 4) is 0 Å². The number of rotatable bonds is 4. The lowest BCUT2D eigenvalue weighted by Crippen LogP contribution is -2.24. The predicted molar refractivity (Wildman–Crippen MR) is 88.7 cm³/mol. The van der Waals surface area contributed by atoms with Gasteiger partial charge in [-0.05, 0) is 46.7 Å². The van der Waals surface area contributed by atoms with E-state index in [0.29, 0.717) is 22.1 Å². The Morgan fingerprint density at radius 3 is 2.52 bits per heavy atom. The summed E-state index contributed by atoms with van der Waals surface area (Å²) >= 11 is 12.4. The molecular formula is C15H12Br2ClF2N. The van der Waals surface area contributed by atoms with Crippen LogP contribution < -0.4 is 5.32 Å². The molecule has 0 saturated heterocycles. The van der Waals surface area contributed by atoms with E-state index in [-0.39, 0.29) is 5.02 Å². The maximum atomic E-state index is 14.4. The highest BCUT2D eigenvalue weighted by molar-refractivity contribution is 9.10. The zero-order valence-electron chi connectivity index (χ0n) is 11.1. The van der Waals surface area contributed by atoms with E-state index in [0.717, 1.165) is 4.47 Å². The topological polar surface area (TPSA) is 12.0 Å². The maximum absolute atomic E-state index is 14.4. The van der Waals surface area contributed by atoms with E-state index in [2.05, 4.69) is 37.2 Å². The average molecular weight is 440 g/mol. The van der Waals surface area contributed by atoms with Gasteiger partial charge in [0.2, 0.25) is 0 Å². The lowest BCUT2D eigenvalue weighted by Gasteiger charge is -2.21. The van der Waals surface area contributed by atoms with Gasteiger partial charge in [0.15, 0.2) is 0 Å². The summed E-state index contributed by atoms with van der Waals surface area (Å²) in [5.41, 5.74) is 0.672. The fraction of sp³-hybridized carbons (Fsp3) is 0.200. The van der Waals surface area contributed by atoms with Gasteiger partial charge in [-0.15, -0.1) is 0 Å². The van der Waals surface area contributed by atoms with Crippen LogP contribution in [-0.4, -0.2) is 6.54 Å². The van der Waals surface area contributed by atoms with Crippen molar-refractivity contribution in [2.45, 2.75) is 13.0 Å². The molecule has 1 N–H and O–H groups in total.